The summed E-state index contributed by atoms with van der Waals surface area (Å²) < 4.78 is 2.05. The molecule has 2 atom stereocenters. The maximum Gasteiger partial charge on any atom is 0.124 e. The van der Waals surface area contributed by atoms with Crippen molar-refractivity contribution in [1.29, 1.82) is 0 Å². The monoisotopic (exact) mass is 314 g/mol. The summed E-state index contributed by atoms with van der Waals surface area (Å²) in [5.41, 5.74) is 2.34. The van der Waals surface area contributed by atoms with Gasteiger partial charge in [-0.05, 0) is 24.8 Å². The summed E-state index contributed by atoms with van der Waals surface area (Å²) in [4.78, 5) is 0. The van der Waals surface area contributed by atoms with Crippen molar-refractivity contribution in [3.05, 3.63) is 47.7 Å². The Labute approximate surface area is 137 Å². The Hall–Kier alpha value is -1.85. The van der Waals surface area contributed by atoms with Crippen LogP contribution in [-0.4, -0.2) is 41.1 Å². The molecule has 0 fully saturated rings. The molecular weight excluding hydrogens is 288 g/mol. The molecule has 0 spiro atoms. The minimum Gasteiger partial charge on any atom is -0.396 e. The molecule has 1 aromatic carbocycles. The van der Waals surface area contributed by atoms with E-state index in [1.165, 1.54) is 5.56 Å². The van der Waals surface area contributed by atoms with Crippen LogP contribution in [0.1, 0.15) is 11.3 Å². The lowest BCUT2D eigenvalue weighted by Gasteiger charge is -2.26. The number of benzene rings is 1. The number of aromatic nitrogens is 2. The number of nitrogens with zero attached hydrogens (tertiary/aromatic N) is 2. The van der Waals surface area contributed by atoms with E-state index in [1.54, 1.807) is 0 Å². The molecule has 1 aliphatic rings. The Morgan fingerprint density at radius 2 is 2.22 bits per heavy atom. The molecule has 0 saturated heterocycles. The summed E-state index contributed by atoms with van der Waals surface area (Å²) in [5, 5.41) is 21.1. The Morgan fingerprint density at radius 1 is 1.39 bits per heavy atom. The zero-order valence-electron chi connectivity index (χ0n) is 13.7. The van der Waals surface area contributed by atoms with Crippen LogP contribution in [0.5, 0.6) is 0 Å². The molecule has 0 aliphatic carbocycles. The SMILES string of the molecule is Cc1cc2n(n1)C[C@H](CNC[C@H](CO)Cc1ccccc1)CN2. The zero-order valence-corrected chi connectivity index (χ0v) is 13.7. The number of hydrogen-bond donors (Lipinski definition) is 3. The molecule has 0 bridgehead atoms. The Kier molecular flexibility index (Phi) is 5.31. The molecule has 124 valence electrons. The van der Waals surface area contributed by atoms with E-state index in [-0.39, 0.29) is 12.5 Å². The lowest BCUT2D eigenvalue weighted by atomic mass is 9.99. The predicted molar refractivity (Wildman–Crippen MR) is 92.5 cm³/mol. The van der Waals surface area contributed by atoms with E-state index in [4.69, 9.17) is 0 Å². The minimum atomic E-state index is 0.216. The van der Waals surface area contributed by atoms with Crippen LogP contribution in [0.4, 0.5) is 5.82 Å². The number of aryl methyl sites for hydroxylation is 1. The third-order valence-corrected chi connectivity index (χ3v) is 4.40. The summed E-state index contributed by atoms with van der Waals surface area (Å²) in [6.45, 7) is 5.94. The van der Waals surface area contributed by atoms with Gasteiger partial charge in [0, 0.05) is 44.8 Å². The molecule has 5 nitrogen and oxygen atoms in total. The normalized spacial score (nSPS) is 18.3. The molecule has 23 heavy (non-hydrogen) atoms. The quantitative estimate of drug-likeness (QED) is 0.727. The highest BCUT2D eigenvalue weighted by Gasteiger charge is 2.19. The maximum absolute atomic E-state index is 9.59. The summed E-state index contributed by atoms with van der Waals surface area (Å²) >= 11 is 0. The van der Waals surface area contributed by atoms with Gasteiger partial charge in [0.15, 0.2) is 0 Å². The van der Waals surface area contributed by atoms with Gasteiger partial charge in [0.05, 0.1) is 5.69 Å². The average Bonchev–Trinajstić information content (AvgIpc) is 2.94. The topological polar surface area (TPSA) is 62.1 Å². The first-order valence-electron chi connectivity index (χ1n) is 8.38. The van der Waals surface area contributed by atoms with Gasteiger partial charge < -0.3 is 15.7 Å². The van der Waals surface area contributed by atoms with Gasteiger partial charge in [-0.3, -0.25) is 0 Å². The second kappa shape index (κ2) is 7.62. The highest BCUT2D eigenvalue weighted by molar-refractivity contribution is 5.38. The fourth-order valence-electron chi connectivity index (χ4n) is 3.16. The number of rotatable bonds is 7. The van der Waals surface area contributed by atoms with Gasteiger partial charge in [0.25, 0.3) is 0 Å². The van der Waals surface area contributed by atoms with Crippen LogP contribution in [0.25, 0.3) is 0 Å². The highest BCUT2D eigenvalue weighted by Crippen LogP contribution is 2.18. The molecule has 3 N–H and O–H groups in total. The fraction of sp³-hybridized carbons (Fsp3) is 0.500. The van der Waals surface area contributed by atoms with Gasteiger partial charge in [-0.15, -0.1) is 0 Å². The Morgan fingerprint density at radius 3 is 3.00 bits per heavy atom. The van der Waals surface area contributed by atoms with Crippen LogP contribution >= 0.6 is 0 Å². The number of aliphatic hydroxyl groups is 1. The van der Waals surface area contributed by atoms with Gasteiger partial charge in [-0.1, -0.05) is 30.3 Å². The van der Waals surface area contributed by atoms with Crippen molar-refractivity contribution in [3.8, 4) is 0 Å². The Bertz CT molecular complexity index is 611. The molecule has 0 radical (unpaired) electrons. The molecule has 3 rings (SSSR count). The number of anilines is 1. The van der Waals surface area contributed by atoms with Crippen LogP contribution in [0, 0.1) is 18.8 Å². The second-order valence-electron chi connectivity index (χ2n) is 6.50. The van der Waals surface area contributed by atoms with E-state index in [0.29, 0.717) is 5.92 Å². The maximum atomic E-state index is 9.59. The van der Waals surface area contributed by atoms with E-state index < -0.39 is 0 Å². The van der Waals surface area contributed by atoms with E-state index in [0.717, 1.165) is 44.1 Å². The molecule has 5 heteroatoms. The van der Waals surface area contributed by atoms with Crippen LogP contribution in [0.3, 0.4) is 0 Å². The lowest BCUT2D eigenvalue weighted by Crippen LogP contribution is -2.37. The summed E-state index contributed by atoms with van der Waals surface area (Å²) in [6, 6.07) is 12.5. The van der Waals surface area contributed by atoms with Gasteiger partial charge in [-0.25, -0.2) is 4.68 Å². The third-order valence-electron chi connectivity index (χ3n) is 4.40. The number of nitrogens with one attached hydrogen (secondary N) is 2. The minimum absolute atomic E-state index is 0.216. The van der Waals surface area contributed by atoms with Crippen molar-refractivity contribution in [2.75, 3.05) is 31.6 Å². The third kappa shape index (κ3) is 4.33. The van der Waals surface area contributed by atoms with Crippen LogP contribution in [-0.2, 0) is 13.0 Å². The lowest BCUT2D eigenvalue weighted by molar-refractivity contribution is 0.219. The molecule has 0 amide bonds. The number of hydrogen-bond acceptors (Lipinski definition) is 4. The predicted octanol–water partition coefficient (Wildman–Crippen LogP) is 1.67. The molecule has 2 heterocycles. The fourth-order valence-corrected chi connectivity index (χ4v) is 3.16. The van der Waals surface area contributed by atoms with Crippen molar-refractivity contribution >= 4 is 5.82 Å². The molecule has 0 saturated carbocycles. The smallest absolute Gasteiger partial charge is 0.124 e. The first-order chi connectivity index (χ1) is 11.2. The highest BCUT2D eigenvalue weighted by atomic mass is 16.3. The second-order valence-corrected chi connectivity index (χ2v) is 6.50. The largest absolute Gasteiger partial charge is 0.396 e. The van der Waals surface area contributed by atoms with Gasteiger partial charge >= 0.3 is 0 Å². The van der Waals surface area contributed by atoms with E-state index >= 15 is 0 Å². The van der Waals surface area contributed by atoms with E-state index in [1.807, 2.05) is 13.0 Å². The molecule has 0 unspecified atom stereocenters. The van der Waals surface area contributed by atoms with E-state index in [2.05, 4.69) is 50.7 Å². The molecule has 2 aromatic rings. The van der Waals surface area contributed by atoms with Gasteiger partial charge in [0.1, 0.15) is 5.82 Å². The van der Waals surface area contributed by atoms with Crippen molar-refractivity contribution < 1.29 is 5.11 Å². The van der Waals surface area contributed by atoms with Gasteiger partial charge in [-0.2, -0.15) is 5.10 Å². The molecule has 1 aromatic heterocycles. The first-order valence-corrected chi connectivity index (χ1v) is 8.38. The van der Waals surface area contributed by atoms with Crippen LogP contribution in [0.15, 0.2) is 36.4 Å². The number of fused-ring (bicyclic) bond motifs is 1. The summed E-state index contributed by atoms with van der Waals surface area (Å²) in [7, 11) is 0. The zero-order chi connectivity index (χ0) is 16.1. The van der Waals surface area contributed by atoms with Gasteiger partial charge in [0.2, 0.25) is 0 Å². The molecule has 1 aliphatic heterocycles. The van der Waals surface area contributed by atoms with Crippen molar-refractivity contribution in [3.63, 3.8) is 0 Å². The summed E-state index contributed by atoms with van der Waals surface area (Å²) in [5.74, 6) is 1.91. The van der Waals surface area contributed by atoms with Crippen molar-refractivity contribution in [1.82, 2.24) is 15.1 Å². The number of aliphatic hydroxyl groups excluding tert-OH is 1. The summed E-state index contributed by atoms with van der Waals surface area (Å²) in [6.07, 6.45) is 0.912. The van der Waals surface area contributed by atoms with Crippen molar-refractivity contribution in [2.24, 2.45) is 11.8 Å². The van der Waals surface area contributed by atoms with E-state index in [9.17, 15) is 5.11 Å². The van der Waals surface area contributed by atoms with Crippen LogP contribution in [0.2, 0.25) is 0 Å². The standard InChI is InChI=1S/C18H26N4O/c1-14-7-18-20-11-17(12-22(18)21-14)10-19-9-16(13-23)8-15-5-3-2-4-6-15/h2-7,16-17,19-20,23H,8-13H2,1H3/t16-,17-/m1/s1. The molecular formula is C18H26N4O. The average molecular weight is 314 g/mol. The van der Waals surface area contributed by atoms with Crippen LogP contribution < -0.4 is 10.6 Å². The van der Waals surface area contributed by atoms with Crippen molar-refractivity contribution in [2.45, 2.75) is 19.9 Å². The Balaban J connectivity index is 1.43. The first kappa shape index (κ1) is 16.0.